The van der Waals surface area contributed by atoms with Crippen LogP contribution < -0.4 is 0 Å². The van der Waals surface area contributed by atoms with Crippen LogP contribution >= 0.6 is 0 Å². The maximum Gasteiger partial charge on any atom is 0.279 e. The molecule has 0 amide bonds. The minimum Gasteiger partial charge on any atom is -0.465 e. The van der Waals surface area contributed by atoms with Crippen molar-refractivity contribution < 1.29 is 19.0 Å². The van der Waals surface area contributed by atoms with Gasteiger partial charge in [-0.15, -0.1) is 0 Å². The van der Waals surface area contributed by atoms with E-state index in [0.29, 0.717) is 0 Å². The zero-order valence-corrected chi connectivity index (χ0v) is 10.1. The summed E-state index contributed by atoms with van der Waals surface area (Å²) in [5, 5.41) is 8.87. The molecule has 2 atom stereocenters. The van der Waals surface area contributed by atoms with Crippen molar-refractivity contribution in [3.63, 3.8) is 0 Å². The van der Waals surface area contributed by atoms with Crippen molar-refractivity contribution >= 4 is 5.94 Å². The number of likely N-dealkylation sites (tertiary alicyclic amines) is 1. The number of aliphatic hydroxyl groups excluding tert-OH is 1. The van der Waals surface area contributed by atoms with Gasteiger partial charge in [-0.3, -0.25) is 0 Å². The number of ether oxygens (including phenoxy) is 1. The highest BCUT2D eigenvalue weighted by Gasteiger charge is 2.52. The third kappa shape index (κ3) is 2.36. The molecule has 16 heavy (non-hydrogen) atoms. The van der Waals surface area contributed by atoms with E-state index in [1.807, 2.05) is 0 Å². The number of aliphatic hydroxyl groups is 1. The molecule has 2 unspecified atom stereocenters. The van der Waals surface area contributed by atoms with E-state index >= 15 is 0 Å². The number of carbonyl (C=O) groups excluding carboxylic acids is 1. The molecule has 1 aliphatic rings. The number of hydrogen-bond acceptors (Lipinski definition) is 4. The highest BCUT2D eigenvalue weighted by atomic mass is 19.1. The van der Waals surface area contributed by atoms with Crippen molar-refractivity contribution in [1.82, 2.24) is 4.90 Å². The van der Waals surface area contributed by atoms with Gasteiger partial charge in [0.15, 0.2) is 11.6 Å². The smallest absolute Gasteiger partial charge is 0.279 e. The van der Waals surface area contributed by atoms with Gasteiger partial charge in [-0.25, -0.2) is 9.18 Å². The number of halogens is 1. The van der Waals surface area contributed by atoms with Gasteiger partial charge < -0.3 is 14.7 Å². The maximum atomic E-state index is 13.7. The van der Waals surface area contributed by atoms with Crippen molar-refractivity contribution in [3.05, 3.63) is 5.88 Å². The van der Waals surface area contributed by atoms with Crippen molar-refractivity contribution in [2.75, 3.05) is 13.2 Å². The first kappa shape index (κ1) is 13.0. The lowest BCUT2D eigenvalue weighted by atomic mass is 9.87. The molecule has 1 N–H and O–H groups in total. The average molecular weight is 231 g/mol. The van der Waals surface area contributed by atoms with E-state index in [1.54, 1.807) is 33.6 Å². The van der Waals surface area contributed by atoms with Crippen LogP contribution in [0.1, 0.15) is 27.7 Å². The molecule has 0 aliphatic carbocycles. The summed E-state index contributed by atoms with van der Waals surface area (Å²) in [5.41, 5.74) is -2.18. The van der Waals surface area contributed by atoms with Crippen LogP contribution in [0, 0.1) is 0 Å². The first-order chi connectivity index (χ1) is 7.23. The van der Waals surface area contributed by atoms with E-state index in [9.17, 15) is 9.18 Å². The molecule has 1 aliphatic heterocycles. The number of alkyl halides is 1. The van der Waals surface area contributed by atoms with Crippen LogP contribution in [0.25, 0.3) is 0 Å². The first-order valence-electron chi connectivity index (χ1n) is 5.24. The minimum absolute atomic E-state index is 0.00160. The standard InChI is InChI=1S/C11H18FNO3/c1-8-11(12,7-15)6-13(8)9(5-14)16-10(2,3)4/h8,15H,6-7H2,1-4H3. The zero-order valence-electron chi connectivity index (χ0n) is 10.1. The maximum absolute atomic E-state index is 13.7. The molecule has 0 saturated carbocycles. The summed E-state index contributed by atoms with van der Waals surface area (Å²) < 4.78 is 19.1. The Morgan fingerprint density at radius 2 is 2.25 bits per heavy atom. The van der Waals surface area contributed by atoms with E-state index in [-0.39, 0.29) is 12.4 Å². The van der Waals surface area contributed by atoms with Gasteiger partial charge in [0.2, 0.25) is 0 Å². The molecule has 1 heterocycles. The van der Waals surface area contributed by atoms with Crippen LogP contribution in [0.4, 0.5) is 4.39 Å². The van der Waals surface area contributed by atoms with Crippen molar-refractivity contribution in [2.45, 2.75) is 45.0 Å². The summed E-state index contributed by atoms with van der Waals surface area (Å²) >= 11 is 0. The van der Waals surface area contributed by atoms with Gasteiger partial charge in [-0.2, -0.15) is 0 Å². The third-order valence-electron chi connectivity index (χ3n) is 2.66. The molecule has 1 fully saturated rings. The molecule has 0 radical (unpaired) electrons. The fraction of sp³-hybridized carbons (Fsp3) is 0.818. The van der Waals surface area contributed by atoms with Crippen LogP contribution in [0.15, 0.2) is 5.88 Å². The van der Waals surface area contributed by atoms with Crippen LogP contribution in [-0.2, 0) is 9.53 Å². The summed E-state index contributed by atoms with van der Waals surface area (Å²) in [7, 11) is 0. The lowest BCUT2D eigenvalue weighted by Crippen LogP contribution is -2.67. The molecule has 0 aromatic carbocycles. The summed E-state index contributed by atoms with van der Waals surface area (Å²) in [5.74, 6) is 1.68. The lowest BCUT2D eigenvalue weighted by molar-refractivity contribution is -0.135. The fourth-order valence-corrected chi connectivity index (χ4v) is 1.58. The molecule has 4 nitrogen and oxygen atoms in total. The number of hydrogen-bond donors (Lipinski definition) is 1. The largest absolute Gasteiger partial charge is 0.465 e. The SMILES string of the molecule is CC1N(C(=C=O)OC(C)(C)C)CC1(F)CO. The van der Waals surface area contributed by atoms with Gasteiger partial charge in [0.05, 0.1) is 19.2 Å². The topological polar surface area (TPSA) is 49.8 Å². The summed E-state index contributed by atoms with van der Waals surface area (Å²) in [6.07, 6.45) is 0. The molecule has 1 rings (SSSR count). The average Bonchev–Trinajstić information content (AvgIpc) is 2.20. The van der Waals surface area contributed by atoms with Gasteiger partial charge in [-0.1, -0.05) is 0 Å². The number of rotatable bonds is 3. The number of nitrogens with zero attached hydrogens (tertiary/aromatic N) is 1. The van der Waals surface area contributed by atoms with E-state index in [1.165, 1.54) is 4.90 Å². The predicted molar refractivity (Wildman–Crippen MR) is 57.1 cm³/mol. The van der Waals surface area contributed by atoms with Gasteiger partial charge in [0.25, 0.3) is 5.88 Å². The molecular weight excluding hydrogens is 213 g/mol. The minimum atomic E-state index is -1.65. The van der Waals surface area contributed by atoms with Gasteiger partial charge in [-0.05, 0) is 27.7 Å². The molecular formula is C11H18FNO3. The quantitative estimate of drug-likeness (QED) is 0.578. The zero-order chi connectivity index (χ0) is 12.6. The molecule has 1 saturated heterocycles. The monoisotopic (exact) mass is 231 g/mol. The molecule has 0 spiro atoms. The van der Waals surface area contributed by atoms with Crippen LogP contribution in [-0.4, -0.2) is 46.4 Å². The van der Waals surface area contributed by atoms with Crippen molar-refractivity contribution in [1.29, 1.82) is 0 Å². The van der Waals surface area contributed by atoms with Crippen LogP contribution in [0.3, 0.4) is 0 Å². The van der Waals surface area contributed by atoms with Crippen molar-refractivity contribution in [2.24, 2.45) is 0 Å². The Bertz CT molecular complexity index is 320. The Morgan fingerprint density at radius 1 is 1.69 bits per heavy atom. The van der Waals surface area contributed by atoms with Crippen LogP contribution in [0.2, 0.25) is 0 Å². The normalized spacial score (nSPS) is 29.4. The van der Waals surface area contributed by atoms with E-state index < -0.39 is 23.9 Å². The first-order valence-corrected chi connectivity index (χ1v) is 5.24. The summed E-state index contributed by atoms with van der Waals surface area (Å²) in [6, 6.07) is -0.573. The third-order valence-corrected chi connectivity index (χ3v) is 2.66. The highest BCUT2D eigenvalue weighted by Crippen LogP contribution is 2.36. The molecule has 92 valence electrons. The Labute approximate surface area is 94.7 Å². The second kappa shape index (κ2) is 4.07. The fourth-order valence-electron chi connectivity index (χ4n) is 1.58. The van der Waals surface area contributed by atoms with E-state index in [2.05, 4.69) is 0 Å². The molecule has 0 aromatic heterocycles. The second-order valence-electron chi connectivity index (χ2n) is 5.12. The molecule has 5 heteroatoms. The second-order valence-corrected chi connectivity index (χ2v) is 5.12. The molecule has 0 aromatic rings. The Hall–Kier alpha value is -1.06. The Morgan fingerprint density at radius 3 is 2.56 bits per heavy atom. The lowest BCUT2D eigenvalue weighted by Gasteiger charge is -2.51. The van der Waals surface area contributed by atoms with Crippen molar-refractivity contribution in [3.8, 4) is 0 Å². The van der Waals surface area contributed by atoms with E-state index in [0.717, 1.165) is 0 Å². The van der Waals surface area contributed by atoms with Crippen LogP contribution in [0.5, 0.6) is 0 Å². The van der Waals surface area contributed by atoms with Gasteiger partial charge >= 0.3 is 0 Å². The van der Waals surface area contributed by atoms with Gasteiger partial charge in [0.1, 0.15) is 5.60 Å². The Kier molecular flexibility index (Phi) is 3.31. The summed E-state index contributed by atoms with van der Waals surface area (Å²) in [6.45, 7) is 6.40. The Balaban J connectivity index is 2.71. The highest BCUT2D eigenvalue weighted by molar-refractivity contribution is 5.50. The van der Waals surface area contributed by atoms with Gasteiger partial charge in [0, 0.05) is 0 Å². The summed E-state index contributed by atoms with van der Waals surface area (Å²) in [4.78, 5) is 12.2. The predicted octanol–water partition coefficient (Wildman–Crippen LogP) is 0.879. The van der Waals surface area contributed by atoms with E-state index in [4.69, 9.17) is 9.84 Å². The molecule has 0 bridgehead atoms.